The first-order chi connectivity index (χ1) is 9.53. The highest BCUT2D eigenvalue weighted by atomic mass is 79.9. The Balaban J connectivity index is 2.13. The van der Waals surface area contributed by atoms with E-state index < -0.39 is 10.0 Å². The maximum Gasteiger partial charge on any atom is 0.241 e. The molecular weight excluding hydrogens is 340 g/mol. The number of hydrogen-bond donors (Lipinski definition) is 1. The molecule has 0 aliphatic rings. The Kier molecular flexibility index (Phi) is 4.55. The highest BCUT2D eigenvalue weighted by molar-refractivity contribution is 9.10. The molecule has 0 aromatic heterocycles. The summed E-state index contributed by atoms with van der Waals surface area (Å²) in [5.41, 5.74) is 1.34. The van der Waals surface area contributed by atoms with Crippen LogP contribution in [0.25, 0.3) is 0 Å². The number of nitrogens with zero attached hydrogens (tertiary/aromatic N) is 1. The number of benzene rings is 2. The van der Waals surface area contributed by atoms with Gasteiger partial charge in [-0.15, -0.1) is 0 Å². The molecule has 2 rings (SSSR count). The third-order valence-electron chi connectivity index (χ3n) is 2.68. The van der Waals surface area contributed by atoms with Crippen LogP contribution >= 0.6 is 15.9 Å². The molecule has 0 saturated carbocycles. The molecular formula is C14H11BrN2O2S. The maximum absolute atomic E-state index is 12.2. The average molecular weight is 351 g/mol. The molecule has 0 amide bonds. The van der Waals surface area contributed by atoms with Crippen molar-refractivity contribution in [2.45, 2.75) is 11.4 Å². The van der Waals surface area contributed by atoms with E-state index in [0.29, 0.717) is 10.0 Å². The summed E-state index contributed by atoms with van der Waals surface area (Å²) in [5, 5.41) is 8.70. The Hall–Kier alpha value is -1.68. The molecule has 4 nitrogen and oxygen atoms in total. The van der Waals surface area contributed by atoms with Crippen LogP contribution in [0.5, 0.6) is 0 Å². The van der Waals surface area contributed by atoms with E-state index in [-0.39, 0.29) is 11.4 Å². The highest BCUT2D eigenvalue weighted by Gasteiger charge is 2.16. The number of nitrogens with one attached hydrogen (secondary N) is 1. The zero-order chi connectivity index (χ0) is 14.6. The summed E-state index contributed by atoms with van der Waals surface area (Å²) >= 11 is 3.22. The fourth-order valence-electron chi connectivity index (χ4n) is 1.62. The van der Waals surface area contributed by atoms with Crippen LogP contribution in [-0.2, 0) is 16.6 Å². The van der Waals surface area contributed by atoms with Crippen LogP contribution in [0.3, 0.4) is 0 Å². The van der Waals surface area contributed by atoms with Gasteiger partial charge in [-0.1, -0.05) is 24.3 Å². The average Bonchev–Trinajstić information content (AvgIpc) is 2.46. The number of halogens is 1. The molecule has 0 heterocycles. The first-order valence-corrected chi connectivity index (χ1v) is 8.04. The summed E-state index contributed by atoms with van der Waals surface area (Å²) in [6.07, 6.45) is 0. The Morgan fingerprint density at radius 1 is 1.10 bits per heavy atom. The zero-order valence-electron chi connectivity index (χ0n) is 10.4. The second-order valence-corrected chi connectivity index (χ2v) is 6.65. The van der Waals surface area contributed by atoms with Gasteiger partial charge in [0.25, 0.3) is 0 Å². The standard InChI is InChI=1S/C14H11BrN2O2S/c15-13-3-1-2-4-14(13)20(18,19)17-10-12-7-5-11(9-16)6-8-12/h1-8,17H,10H2. The zero-order valence-corrected chi connectivity index (χ0v) is 12.8. The second-order valence-electron chi connectivity index (χ2n) is 4.06. The normalized spacial score (nSPS) is 11.0. The van der Waals surface area contributed by atoms with Gasteiger partial charge in [0.2, 0.25) is 10.0 Å². The summed E-state index contributed by atoms with van der Waals surface area (Å²) in [6.45, 7) is 0.176. The van der Waals surface area contributed by atoms with Crippen molar-refractivity contribution >= 4 is 26.0 Å². The van der Waals surface area contributed by atoms with E-state index in [0.717, 1.165) is 5.56 Å². The molecule has 0 bridgehead atoms. The van der Waals surface area contributed by atoms with Gasteiger partial charge in [-0.05, 0) is 45.8 Å². The fraction of sp³-hybridized carbons (Fsp3) is 0.0714. The number of nitriles is 1. The van der Waals surface area contributed by atoms with Crippen LogP contribution in [0.4, 0.5) is 0 Å². The van der Waals surface area contributed by atoms with Crippen LogP contribution in [0.2, 0.25) is 0 Å². The van der Waals surface area contributed by atoms with Crippen LogP contribution < -0.4 is 4.72 Å². The maximum atomic E-state index is 12.2. The molecule has 0 aliphatic carbocycles. The van der Waals surface area contributed by atoms with Crippen molar-refractivity contribution < 1.29 is 8.42 Å². The minimum atomic E-state index is -3.57. The van der Waals surface area contributed by atoms with E-state index in [2.05, 4.69) is 20.7 Å². The molecule has 2 aromatic rings. The van der Waals surface area contributed by atoms with Gasteiger partial charge in [-0.3, -0.25) is 0 Å². The van der Waals surface area contributed by atoms with Crippen LogP contribution in [0, 0.1) is 11.3 Å². The smallest absolute Gasteiger partial charge is 0.207 e. The SMILES string of the molecule is N#Cc1ccc(CNS(=O)(=O)c2ccccc2Br)cc1. The van der Waals surface area contributed by atoms with Crippen molar-refractivity contribution in [3.63, 3.8) is 0 Å². The second kappa shape index (κ2) is 6.18. The molecule has 0 aliphatic heterocycles. The van der Waals surface area contributed by atoms with Crippen LogP contribution in [0.15, 0.2) is 57.9 Å². The van der Waals surface area contributed by atoms with Gasteiger partial charge in [0.1, 0.15) is 0 Å². The first kappa shape index (κ1) is 14.7. The molecule has 102 valence electrons. The summed E-state index contributed by atoms with van der Waals surface area (Å²) < 4.78 is 27.4. The third kappa shape index (κ3) is 3.45. The summed E-state index contributed by atoms with van der Waals surface area (Å²) in [4.78, 5) is 0.202. The van der Waals surface area contributed by atoms with Crippen molar-refractivity contribution in [2.75, 3.05) is 0 Å². The van der Waals surface area contributed by atoms with Gasteiger partial charge >= 0.3 is 0 Å². The van der Waals surface area contributed by atoms with Gasteiger partial charge in [0.15, 0.2) is 0 Å². The van der Waals surface area contributed by atoms with Crippen molar-refractivity contribution in [2.24, 2.45) is 0 Å². The predicted octanol–water partition coefficient (Wildman–Crippen LogP) is 2.80. The lowest BCUT2D eigenvalue weighted by atomic mass is 10.1. The van der Waals surface area contributed by atoms with Crippen molar-refractivity contribution in [3.8, 4) is 6.07 Å². The molecule has 0 fully saturated rings. The summed E-state index contributed by atoms with van der Waals surface area (Å²) in [6, 6.07) is 15.4. The Morgan fingerprint density at radius 2 is 1.75 bits per heavy atom. The van der Waals surface area contributed by atoms with Crippen molar-refractivity contribution in [1.29, 1.82) is 5.26 Å². The molecule has 6 heteroatoms. The van der Waals surface area contributed by atoms with Gasteiger partial charge in [-0.25, -0.2) is 13.1 Å². The fourth-order valence-corrected chi connectivity index (χ4v) is 3.63. The first-order valence-electron chi connectivity index (χ1n) is 5.76. The summed E-state index contributed by atoms with van der Waals surface area (Å²) in [5.74, 6) is 0. The molecule has 1 N–H and O–H groups in total. The van der Waals surface area contributed by atoms with Gasteiger partial charge < -0.3 is 0 Å². The number of sulfonamides is 1. The topological polar surface area (TPSA) is 70.0 Å². The van der Waals surface area contributed by atoms with Gasteiger partial charge in [0.05, 0.1) is 16.5 Å². The lowest BCUT2D eigenvalue weighted by Crippen LogP contribution is -2.23. The van der Waals surface area contributed by atoms with Crippen LogP contribution in [0.1, 0.15) is 11.1 Å². The predicted molar refractivity (Wildman–Crippen MR) is 79.3 cm³/mol. The Morgan fingerprint density at radius 3 is 2.35 bits per heavy atom. The number of rotatable bonds is 4. The molecule has 2 aromatic carbocycles. The third-order valence-corrected chi connectivity index (χ3v) is 5.09. The Bertz CT molecular complexity index is 749. The number of hydrogen-bond acceptors (Lipinski definition) is 3. The monoisotopic (exact) mass is 350 g/mol. The quantitative estimate of drug-likeness (QED) is 0.921. The molecule has 0 saturated heterocycles. The largest absolute Gasteiger partial charge is 0.241 e. The van der Waals surface area contributed by atoms with E-state index in [1.807, 2.05) is 6.07 Å². The highest BCUT2D eigenvalue weighted by Crippen LogP contribution is 2.21. The molecule has 20 heavy (non-hydrogen) atoms. The Labute approximate surface area is 126 Å². The van der Waals surface area contributed by atoms with E-state index in [4.69, 9.17) is 5.26 Å². The van der Waals surface area contributed by atoms with E-state index in [1.165, 1.54) is 6.07 Å². The van der Waals surface area contributed by atoms with Gasteiger partial charge in [-0.2, -0.15) is 5.26 Å². The van der Waals surface area contributed by atoms with E-state index in [9.17, 15) is 8.42 Å². The van der Waals surface area contributed by atoms with Crippen molar-refractivity contribution in [1.82, 2.24) is 4.72 Å². The van der Waals surface area contributed by atoms with E-state index >= 15 is 0 Å². The minimum absolute atomic E-state index is 0.176. The van der Waals surface area contributed by atoms with Crippen molar-refractivity contribution in [3.05, 3.63) is 64.1 Å². The molecule has 0 atom stereocenters. The van der Waals surface area contributed by atoms with E-state index in [1.54, 1.807) is 42.5 Å². The molecule has 0 radical (unpaired) electrons. The van der Waals surface area contributed by atoms with Crippen LogP contribution in [-0.4, -0.2) is 8.42 Å². The molecule has 0 unspecified atom stereocenters. The minimum Gasteiger partial charge on any atom is -0.207 e. The van der Waals surface area contributed by atoms with Gasteiger partial charge in [0, 0.05) is 11.0 Å². The molecule has 0 spiro atoms. The lowest BCUT2D eigenvalue weighted by molar-refractivity contribution is 0.581. The summed E-state index contributed by atoms with van der Waals surface area (Å²) in [7, 11) is -3.57. The lowest BCUT2D eigenvalue weighted by Gasteiger charge is -2.08.